The van der Waals surface area contributed by atoms with Gasteiger partial charge in [0.05, 0.1) is 0 Å². The van der Waals surface area contributed by atoms with E-state index in [2.05, 4.69) is 16.0 Å². The Morgan fingerprint density at radius 1 is 1.23 bits per heavy atom. The fourth-order valence-electron chi connectivity index (χ4n) is 1.58. The molecule has 0 bridgehead atoms. The first-order valence-electron chi connectivity index (χ1n) is 7.11. The van der Waals surface area contributed by atoms with E-state index in [0.717, 1.165) is 0 Å². The van der Waals surface area contributed by atoms with Gasteiger partial charge in [0.15, 0.2) is 0 Å². The fraction of sp³-hybridized carbons (Fsp3) is 0.467. The van der Waals surface area contributed by atoms with Gasteiger partial charge in [-0.05, 0) is 30.5 Å². The van der Waals surface area contributed by atoms with Gasteiger partial charge in [-0.25, -0.2) is 9.18 Å². The van der Waals surface area contributed by atoms with Gasteiger partial charge in [0.1, 0.15) is 5.82 Å². The molecule has 4 N–H and O–H groups in total. The monoisotopic (exact) mass is 311 g/mol. The van der Waals surface area contributed by atoms with Crippen molar-refractivity contribution in [3.05, 3.63) is 35.1 Å². The van der Waals surface area contributed by atoms with Gasteiger partial charge >= 0.3 is 6.03 Å². The van der Waals surface area contributed by atoms with Gasteiger partial charge in [0.25, 0.3) is 5.91 Å². The van der Waals surface area contributed by atoms with Gasteiger partial charge in [-0.2, -0.15) is 0 Å². The number of nitrogens with one attached hydrogen (secondary N) is 3. The Bertz CT molecular complexity index is 523. The van der Waals surface area contributed by atoms with E-state index in [0.29, 0.717) is 12.1 Å². The Hall–Kier alpha value is -2.15. The van der Waals surface area contributed by atoms with Gasteiger partial charge in [0, 0.05) is 31.8 Å². The second-order valence-electron chi connectivity index (χ2n) is 5.14. The van der Waals surface area contributed by atoms with Crippen LogP contribution < -0.4 is 16.0 Å². The van der Waals surface area contributed by atoms with Crippen LogP contribution in [0.3, 0.4) is 0 Å². The van der Waals surface area contributed by atoms with Gasteiger partial charge in [0.2, 0.25) is 0 Å². The third-order valence-electron chi connectivity index (χ3n) is 3.05. The van der Waals surface area contributed by atoms with Crippen molar-refractivity contribution in [2.24, 2.45) is 5.92 Å². The van der Waals surface area contributed by atoms with Crippen molar-refractivity contribution in [1.82, 2.24) is 16.0 Å². The highest BCUT2D eigenvalue weighted by Crippen LogP contribution is 2.08. The molecule has 22 heavy (non-hydrogen) atoms. The van der Waals surface area contributed by atoms with E-state index >= 15 is 0 Å². The van der Waals surface area contributed by atoms with Crippen LogP contribution in [0.5, 0.6) is 0 Å². The molecule has 3 amide bonds. The van der Waals surface area contributed by atoms with Crippen LogP contribution in [0.4, 0.5) is 9.18 Å². The predicted octanol–water partition coefficient (Wildman–Crippen LogP) is 0.792. The zero-order valence-corrected chi connectivity index (χ0v) is 12.8. The zero-order chi connectivity index (χ0) is 16.5. The second kappa shape index (κ2) is 8.99. The molecule has 0 fully saturated rings. The summed E-state index contributed by atoms with van der Waals surface area (Å²) in [6.07, 6.45) is 0. The van der Waals surface area contributed by atoms with Crippen LogP contribution in [0.1, 0.15) is 22.8 Å². The molecule has 1 aromatic rings. The summed E-state index contributed by atoms with van der Waals surface area (Å²) in [5.41, 5.74) is 0.719. The first kappa shape index (κ1) is 17.9. The first-order valence-corrected chi connectivity index (χ1v) is 7.11. The molecule has 1 unspecified atom stereocenters. The Balaban J connectivity index is 2.25. The number of amides is 3. The number of aliphatic hydroxyl groups is 1. The maximum Gasteiger partial charge on any atom is 0.314 e. The van der Waals surface area contributed by atoms with Crippen LogP contribution in [0.2, 0.25) is 0 Å². The second-order valence-corrected chi connectivity index (χ2v) is 5.14. The molecule has 7 heteroatoms. The summed E-state index contributed by atoms with van der Waals surface area (Å²) in [7, 11) is 0. The largest absolute Gasteiger partial charge is 0.396 e. The van der Waals surface area contributed by atoms with Crippen molar-refractivity contribution in [3.63, 3.8) is 0 Å². The molecule has 0 aromatic heterocycles. The molecular formula is C15H22FN3O3. The SMILES string of the molecule is Cc1ccc(C(=O)NCCNC(=O)NCC(C)CO)cc1F. The summed E-state index contributed by atoms with van der Waals surface area (Å²) < 4.78 is 13.3. The molecule has 0 heterocycles. The molecule has 0 aliphatic carbocycles. The molecule has 6 nitrogen and oxygen atoms in total. The fourth-order valence-corrected chi connectivity index (χ4v) is 1.58. The first-order chi connectivity index (χ1) is 10.4. The van der Waals surface area contributed by atoms with Crippen molar-refractivity contribution in [3.8, 4) is 0 Å². The topological polar surface area (TPSA) is 90.5 Å². The molecular weight excluding hydrogens is 289 g/mol. The van der Waals surface area contributed by atoms with Gasteiger partial charge in [-0.3, -0.25) is 4.79 Å². The molecule has 0 aliphatic rings. The highest BCUT2D eigenvalue weighted by Gasteiger charge is 2.08. The van der Waals surface area contributed by atoms with Gasteiger partial charge in [-0.1, -0.05) is 13.0 Å². The number of rotatable bonds is 7. The summed E-state index contributed by atoms with van der Waals surface area (Å²) in [4.78, 5) is 23.2. The van der Waals surface area contributed by atoms with E-state index in [1.807, 2.05) is 0 Å². The third-order valence-corrected chi connectivity index (χ3v) is 3.05. The number of carbonyl (C=O) groups excluding carboxylic acids is 2. The Morgan fingerprint density at radius 2 is 1.91 bits per heavy atom. The van der Waals surface area contributed by atoms with E-state index in [-0.39, 0.29) is 37.2 Å². The number of benzene rings is 1. The van der Waals surface area contributed by atoms with Crippen molar-refractivity contribution < 1.29 is 19.1 Å². The Kier molecular flexibility index (Phi) is 7.31. The van der Waals surface area contributed by atoms with Crippen LogP contribution in [0.25, 0.3) is 0 Å². The lowest BCUT2D eigenvalue weighted by Crippen LogP contribution is -2.41. The van der Waals surface area contributed by atoms with Crippen LogP contribution in [0, 0.1) is 18.7 Å². The summed E-state index contributed by atoms with van der Waals surface area (Å²) in [5.74, 6) is -0.833. The third kappa shape index (κ3) is 6.09. The normalized spacial score (nSPS) is 11.6. The van der Waals surface area contributed by atoms with E-state index in [1.165, 1.54) is 12.1 Å². The number of urea groups is 1. The molecule has 0 radical (unpaired) electrons. The van der Waals surface area contributed by atoms with Crippen LogP contribution in [-0.2, 0) is 0 Å². The average Bonchev–Trinajstić information content (AvgIpc) is 2.51. The predicted molar refractivity (Wildman–Crippen MR) is 81.1 cm³/mol. The molecule has 122 valence electrons. The number of hydrogen-bond donors (Lipinski definition) is 4. The average molecular weight is 311 g/mol. The summed E-state index contributed by atoms with van der Waals surface area (Å²) in [6, 6.07) is 3.90. The maximum absolute atomic E-state index is 13.3. The highest BCUT2D eigenvalue weighted by molar-refractivity contribution is 5.94. The van der Waals surface area contributed by atoms with E-state index in [9.17, 15) is 14.0 Å². The quantitative estimate of drug-likeness (QED) is 0.561. The number of aliphatic hydroxyl groups excluding tert-OH is 1. The summed E-state index contributed by atoms with van der Waals surface area (Å²) in [5, 5.41) is 16.6. The van der Waals surface area contributed by atoms with Crippen molar-refractivity contribution in [1.29, 1.82) is 0 Å². The van der Waals surface area contributed by atoms with Gasteiger partial charge in [-0.15, -0.1) is 0 Å². The minimum Gasteiger partial charge on any atom is -0.396 e. The molecule has 0 aliphatic heterocycles. The van der Waals surface area contributed by atoms with Crippen LogP contribution in [-0.4, -0.2) is 43.3 Å². The number of carbonyl (C=O) groups is 2. The lowest BCUT2D eigenvalue weighted by molar-refractivity contribution is 0.0953. The molecule has 0 saturated heterocycles. The van der Waals surface area contributed by atoms with E-state index in [1.54, 1.807) is 19.9 Å². The lowest BCUT2D eigenvalue weighted by atomic mass is 10.1. The number of aryl methyl sites for hydroxylation is 1. The van der Waals surface area contributed by atoms with E-state index < -0.39 is 11.7 Å². The summed E-state index contributed by atoms with van der Waals surface area (Å²) in [6.45, 7) is 4.29. The number of halogens is 1. The minimum absolute atomic E-state index is 0.00342. The smallest absolute Gasteiger partial charge is 0.314 e. The zero-order valence-electron chi connectivity index (χ0n) is 12.8. The minimum atomic E-state index is -0.428. The molecule has 0 spiro atoms. The van der Waals surface area contributed by atoms with Crippen LogP contribution >= 0.6 is 0 Å². The Labute approximate surface area is 129 Å². The lowest BCUT2D eigenvalue weighted by Gasteiger charge is -2.11. The maximum atomic E-state index is 13.3. The Morgan fingerprint density at radius 3 is 2.55 bits per heavy atom. The van der Waals surface area contributed by atoms with Gasteiger partial charge < -0.3 is 21.1 Å². The summed E-state index contributed by atoms with van der Waals surface area (Å²) >= 11 is 0. The standard InChI is InChI=1S/C15H22FN3O3/c1-10(9-20)8-19-15(22)18-6-5-17-14(21)12-4-3-11(2)13(16)7-12/h3-4,7,10,20H,5-6,8-9H2,1-2H3,(H,17,21)(H2,18,19,22). The van der Waals surface area contributed by atoms with Crippen molar-refractivity contribution >= 4 is 11.9 Å². The molecule has 1 atom stereocenters. The van der Waals surface area contributed by atoms with Crippen molar-refractivity contribution in [2.75, 3.05) is 26.2 Å². The number of hydrogen-bond acceptors (Lipinski definition) is 3. The molecule has 1 rings (SSSR count). The van der Waals surface area contributed by atoms with Crippen molar-refractivity contribution in [2.45, 2.75) is 13.8 Å². The van der Waals surface area contributed by atoms with Crippen LogP contribution in [0.15, 0.2) is 18.2 Å². The molecule has 1 aromatic carbocycles. The van der Waals surface area contributed by atoms with E-state index in [4.69, 9.17) is 5.11 Å². The molecule has 0 saturated carbocycles. The highest BCUT2D eigenvalue weighted by atomic mass is 19.1.